The number of alkyl halides is 21. The molecule has 35 heavy (non-hydrogen) atoms. The van der Waals surface area contributed by atoms with Gasteiger partial charge in [-0.3, -0.25) is 0 Å². The van der Waals surface area contributed by atoms with Crippen LogP contribution in [0.1, 0.15) is 0 Å². The van der Waals surface area contributed by atoms with Crippen LogP contribution in [0.4, 0.5) is 92.2 Å². The summed E-state index contributed by atoms with van der Waals surface area (Å²) in [5.41, 5.74) is 0. The fourth-order valence-corrected chi connectivity index (χ4v) is 2.06. The number of hydrogen-bond acceptors (Lipinski definition) is 2. The van der Waals surface area contributed by atoms with E-state index in [0.717, 1.165) is 0 Å². The summed E-state index contributed by atoms with van der Waals surface area (Å²) in [6, 6.07) is 0. The molecule has 0 aromatic carbocycles. The van der Waals surface area contributed by atoms with Crippen molar-refractivity contribution in [3.8, 4) is 0 Å². The van der Waals surface area contributed by atoms with E-state index >= 15 is 0 Å². The van der Waals surface area contributed by atoms with Gasteiger partial charge in [-0.05, 0) is 0 Å². The van der Waals surface area contributed by atoms with E-state index in [0.29, 0.717) is 0 Å². The highest BCUT2D eigenvalue weighted by Gasteiger charge is 2.98. The first kappa shape index (κ1) is 33.8. The number of aliphatic hydroxyl groups excluding tert-OH is 1. The van der Waals surface area contributed by atoms with Gasteiger partial charge in [0.05, 0.1) is 11.9 Å². The monoisotopic (exact) mass is 596 g/mol. The molecule has 1 nitrogen and oxygen atoms in total. The topological polar surface area (TPSA) is 20.2 Å². The Morgan fingerprint density at radius 1 is 0.400 bits per heavy atom. The van der Waals surface area contributed by atoms with Crippen molar-refractivity contribution < 1.29 is 97.3 Å². The van der Waals surface area contributed by atoms with E-state index in [9.17, 15) is 92.2 Å². The predicted octanol–water partition coefficient (Wildman–Crippen LogP) is 6.56. The van der Waals surface area contributed by atoms with Gasteiger partial charge in [-0.1, -0.05) is 0 Å². The first-order valence-corrected chi connectivity index (χ1v) is 8.01. The zero-order chi connectivity index (χ0) is 29.3. The molecule has 1 atom stereocenters. The average Bonchev–Trinajstić information content (AvgIpc) is 2.64. The number of hydrogen-bond donors (Lipinski definition) is 2. The van der Waals surface area contributed by atoms with Crippen LogP contribution in [0.2, 0.25) is 0 Å². The highest BCUT2D eigenvalue weighted by molar-refractivity contribution is 7.81. The molecule has 0 heterocycles. The summed E-state index contributed by atoms with van der Waals surface area (Å²) in [6.07, 6.45) is -8.02. The Labute approximate surface area is 182 Å². The summed E-state index contributed by atoms with van der Waals surface area (Å²) in [5.74, 6) is -77.5. The zero-order valence-corrected chi connectivity index (χ0v) is 16.0. The lowest BCUT2D eigenvalue weighted by Crippen LogP contribution is -2.77. The van der Waals surface area contributed by atoms with Gasteiger partial charge in [0.2, 0.25) is 0 Å². The van der Waals surface area contributed by atoms with Crippen LogP contribution in [0.15, 0.2) is 0 Å². The number of thiol groups is 1. The summed E-state index contributed by atoms with van der Waals surface area (Å²) < 4.78 is 274. The lowest BCUT2D eigenvalue weighted by atomic mass is 9.86. The smallest absolute Gasteiger partial charge is 0.395 e. The van der Waals surface area contributed by atoms with Crippen molar-refractivity contribution in [3.05, 3.63) is 0 Å². The minimum atomic E-state index is -9.20. The molecule has 1 N–H and O–H groups in total. The highest BCUT2D eigenvalue weighted by atomic mass is 32.1. The third-order valence-corrected chi connectivity index (χ3v) is 4.61. The van der Waals surface area contributed by atoms with Crippen molar-refractivity contribution in [2.45, 2.75) is 64.7 Å². The summed E-state index contributed by atoms with van der Waals surface area (Å²) in [7, 11) is 0. The maximum Gasteiger partial charge on any atom is 0.460 e. The van der Waals surface area contributed by atoms with E-state index in [2.05, 4.69) is 12.6 Å². The second-order valence-corrected chi connectivity index (χ2v) is 7.04. The van der Waals surface area contributed by atoms with Crippen LogP contribution < -0.4 is 0 Å². The Hall–Kier alpha value is -1.16. The Morgan fingerprint density at radius 2 is 0.600 bits per heavy atom. The summed E-state index contributed by atoms with van der Waals surface area (Å²) in [5, 5.41) is 4.30. The van der Waals surface area contributed by atoms with Crippen LogP contribution in [0, 0.1) is 0 Å². The number of halogens is 21. The van der Waals surface area contributed by atoms with Gasteiger partial charge >= 0.3 is 59.5 Å². The van der Waals surface area contributed by atoms with E-state index in [-0.39, 0.29) is 0 Å². The first-order chi connectivity index (χ1) is 14.7. The lowest BCUT2D eigenvalue weighted by molar-refractivity contribution is -0.474. The fraction of sp³-hybridized carbons (Fsp3) is 1.00. The molecule has 212 valence electrons. The quantitative estimate of drug-likeness (QED) is 0.217. The second kappa shape index (κ2) is 8.43. The van der Waals surface area contributed by atoms with Crippen molar-refractivity contribution in [1.82, 2.24) is 0 Å². The van der Waals surface area contributed by atoms with Crippen LogP contribution in [-0.2, 0) is 0 Å². The maximum absolute atomic E-state index is 13.4. The Morgan fingerprint density at radius 3 is 0.800 bits per heavy atom. The molecule has 0 aliphatic rings. The molecule has 1 unspecified atom stereocenters. The summed E-state index contributed by atoms with van der Waals surface area (Å²) >= 11 is 2.30. The van der Waals surface area contributed by atoms with E-state index in [1.165, 1.54) is 0 Å². The highest BCUT2D eigenvalue weighted by Crippen LogP contribution is 2.66. The molecular weight excluding hydrogens is 591 g/mol. The molecule has 0 aliphatic heterocycles. The molecule has 0 rings (SSSR count). The summed E-state index contributed by atoms with van der Waals surface area (Å²) in [6.45, 7) is -2.46. The van der Waals surface area contributed by atoms with E-state index in [1.807, 2.05) is 0 Å². The number of rotatable bonds is 10. The molecule has 0 amide bonds. The minimum Gasteiger partial charge on any atom is -0.395 e. The molecule has 0 saturated carbocycles. The molecule has 0 aliphatic carbocycles. The molecule has 0 spiro atoms. The molecule has 0 radical (unpaired) electrons. The first-order valence-electron chi connectivity index (χ1n) is 7.49. The second-order valence-electron chi connectivity index (χ2n) is 6.41. The average molecular weight is 596 g/mol. The molecule has 0 saturated heterocycles. The van der Waals surface area contributed by atoms with Crippen molar-refractivity contribution >= 4 is 12.6 Å². The standard InChI is InChI=1S/C12H5F21OS/c13-3(14,2(35)1-34)4(15,16)5(17,18)6(19,20)7(21,22)8(23,24)9(25,26)10(27,28)11(29,30)12(31,32)33/h2,34-35H,1H2. The number of aliphatic hydroxyl groups is 1. The van der Waals surface area contributed by atoms with Gasteiger partial charge in [-0.25, -0.2) is 0 Å². The van der Waals surface area contributed by atoms with E-state index in [4.69, 9.17) is 5.11 Å². The normalized spacial score (nSPS) is 17.6. The van der Waals surface area contributed by atoms with E-state index < -0.39 is 71.3 Å². The Bertz CT molecular complexity index is 767. The van der Waals surface area contributed by atoms with Crippen LogP contribution in [0.5, 0.6) is 0 Å². The Balaban J connectivity index is 7.09. The third kappa shape index (κ3) is 4.05. The van der Waals surface area contributed by atoms with Gasteiger partial charge in [-0.15, -0.1) is 0 Å². The van der Waals surface area contributed by atoms with Crippen LogP contribution in [0.25, 0.3) is 0 Å². The minimum absolute atomic E-state index is 2.30. The van der Waals surface area contributed by atoms with Gasteiger partial charge < -0.3 is 5.11 Å². The zero-order valence-electron chi connectivity index (χ0n) is 15.1. The van der Waals surface area contributed by atoms with E-state index in [1.54, 1.807) is 0 Å². The van der Waals surface area contributed by atoms with Gasteiger partial charge in [0, 0.05) is 0 Å². The van der Waals surface area contributed by atoms with Gasteiger partial charge in [0.25, 0.3) is 0 Å². The SMILES string of the molecule is OCC(S)C(F)(F)C(F)(F)C(F)(F)C(F)(F)C(F)(F)C(F)(F)C(F)(F)C(F)(F)C(F)(F)C(F)(F)F. The van der Waals surface area contributed by atoms with Crippen LogP contribution >= 0.6 is 12.6 Å². The molecular formula is C12H5F21OS. The van der Waals surface area contributed by atoms with Crippen molar-refractivity contribution in [3.63, 3.8) is 0 Å². The van der Waals surface area contributed by atoms with Crippen LogP contribution in [-0.4, -0.2) is 76.4 Å². The molecule has 0 bridgehead atoms. The maximum atomic E-state index is 13.4. The van der Waals surface area contributed by atoms with Gasteiger partial charge in [0.1, 0.15) is 0 Å². The molecule has 23 heteroatoms. The predicted molar refractivity (Wildman–Crippen MR) is 70.4 cm³/mol. The van der Waals surface area contributed by atoms with Crippen molar-refractivity contribution in [1.29, 1.82) is 0 Å². The van der Waals surface area contributed by atoms with Crippen LogP contribution in [0.3, 0.4) is 0 Å². The van der Waals surface area contributed by atoms with Crippen molar-refractivity contribution in [2.24, 2.45) is 0 Å². The largest absolute Gasteiger partial charge is 0.460 e. The molecule has 0 aromatic heterocycles. The summed E-state index contributed by atoms with van der Waals surface area (Å²) in [4.78, 5) is 0. The molecule has 0 fully saturated rings. The Kier molecular flexibility index (Phi) is 8.15. The fourth-order valence-electron chi connectivity index (χ4n) is 1.89. The van der Waals surface area contributed by atoms with Crippen molar-refractivity contribution in [2.75, 3.05) is 6.61 Å². The molecule has 0 aromatic rings. The van der Waals surface area contributed by atoms with Gasteiger partial charge in [0.15, 0.2) is 0 Å². The third-order valence-electron chi connectivity index (χ3n) is 4.13. The lowest BCUT2D eigenvalue weighted by Gasteiger charge is -2.45. The van der Waals surface area contributed by atoms with Gasteiger partial charge in [-0.2, -0.15) is 105 Å².